The number of carbonyl (C=O) groups is 1. The monoisotopic (exact) mass is 564 g/mol. The highest BCUT2D eigenvalue weighted by molar-refractivity contribution is 5.70. The lowest BCUT2D eigenvalue weighted by molar-refractivity contribution is -0.312. The number of aryl methyl sites for hydroxylation is 1. The van der Waals surface area contributed by atoms with Crippen molar-refractivity contribution >= 4 is 11.8 Å². The third kappa shape index (κ3) is 6.85. The molecule has 2 aliphatic rings. The number of benzene rings is 2. The maximum atomic E-state index is 15.1. The molecule has 2 fully saturated rings. The van der Waals surface area contributed by atoms with Crippen LogP contribution < -0.4 is 14.7 Å². The maximum Gasteiger partial charge on any atom is 0.168 e. The van der Waals surface area contributed by atoms with Gasteiger partial charge < -0.3 is 29.5 Å². The molecule has 3 heterocycles. The predicted octanol–water partition coefficient (Wildman–Crippen LogP) is 4.05. The van der Waals surface area contributed by atoms with Crippen molar-refractivity contribution in [2.45, 2.75) is 45.1 Å². The minimum atomic E-state index is -1.03. The summed E-state index contributed by atoms with van der Waals surface area (Å²) in [6.07, 6.45) is 3.00. The molecule has 1 aromatic heterocycles. The van der Waals surface area contributed by atoms with Crippen molar-refractivity contribution in [3.05, 3.63) is 76.9 Å². The number of nitrogens with zero attached hydrogens (tertiary/aromatic N) is 3. The van der Waals surface area contributed by atoms with Crippen molar-refractivity contribution in [2.75, 3.05) is 44.2 Å². The number of hydrogen-bond acceptors (Lipinski definition) is 7. The maximum absolute atomic E-state index is 15.1. The van der Waals surface area contributed by atoms with E-state index >= 15 is 4.39 Å². The number of pyridine rings is 1. The van der Waals surface area contributed by atoms with E-state index in [9.17, 15) is 19.4 Å². The largest absolute Gasteiger partial charge is 0.550 e. The second kappa shape index (κ2) is 13.0. The van der Waals surface area contributed by atoms with Crippen LogP contribution in [0, 0.1) is 24.5 Å². The third-order valence-electron chi connectivity index (χ3n) is 8.38. The molecular weight excluding hydrogens is 528 g/mol. The van der Waals surface area contributed by atoms with E-state index in [1.54, 1.807) is 18.2 Å². The molecule has 7 nitrogen and oxygen atoms in total. The van der Waals surface area contributed by atoms with Crippen LogP contribution in [-0.4, -0.2) is 60.3 Å². The number of piperidine rings is 2. The normalized spacial score (nSPS) is 17.1. The van der Waals surface area contributed by atoms with Gasteiger partial charge in [-0.2, -0.15) is 0 Å². The first-order chi connectivity index (χ1) is 19.8. The van der Waals surface area contributed by atoms with Crippen molar-refractivity contribution in [2.24, 2.45) is 5.92 Å². The zero-order chi connectivity index (χ0) is 28.9. The van der Waals surface area contributed by atoms with E-state index in [0.717, 1.165) is 43.1 Å². The molecule has 0 aliphatic carbocycles. The van der Waals surface area contributed by atoms with Gasteiger partial charge in [0.15, 0.2) is 11.6 Å². The molecule has 5 rings (SSSR count). The summed E-state index contributed by atoms with van der Waals surface area (Å²) >= 11 is 0. The van der Waals surface area contributed by atoms with E-state index in [-0.39, 0.29) is 24.5 Å². The van der Waals surface area contributed by atoms with Gasteiger partial charge in [-0.05, 0) is 86.5 Å². The zero-order valence-corrected chi connectivity index (χ0v) is 23.3. The molecule has 0 bridgehead atoms. The summed E-state index contributed by atoms with van der Waals surface area (Å²) in [6, 6.07) is 13.6. The fourth-order valence-corrected chi connectivity index (χ4v) is 5.91. The Morgan fingerprint density at radius 3 is 2.49 bits per heavy atom. The number of hydrogen-bond donors (Lipinski definition) is 1. The average Bonchev–Trinajstić information content (AvgIpc) is 2.97. The molecule has 3 aromatic rings. The number of rotatable bonds is 9. The molecule has 0 saturated carbocycles. The van der Waals surface area contributed by atoms with Crippen LogP contribution in [0.2, 0.25) is 0 Å². The van der Waals surface area contributed by atoms with E-state index in [1.807, 2.05) is 17.9 Å². The van der Waals surface area contributed by atoms with E-state index in [2.05, 4.69) is 22.0 Å². The number of ether oxygens (including phenoxy) is 1. The van der Waals surface area contributed by atoms with Gasteiger partial charge >= 0.3 is 0 Å². The van der Waals surface area contributed by atoms with E-state index < -0.39 is 23.5 Å². The van der Waals surface area contributed by atoms with Gasteiger partial charge in [0.1, 0.15) is 18.2 Å². The molecule has 0 atom stereocenters. The number of aromatic nitrogens is 1. The van der Waals surface area contributed by atoms with Crippen LogP contribution in [0.25, 0.3) is 11.3 Å². The van der Waals surface area contributed by atoms with E-state index in [1.165, 1.54) is 11.6 Å². The van der Waals surface area contributed by atoms with E-state index in [0.29, 0.717) is 49.9 Å². The Hall–Kier alpha value is -3.56. The van der Waals surface area contributed by atoms with Crippen LogP contribution in [0.1, 0.15) is 48.3 Å². The summed E-state index contributed by atoms with van der Waals surface area (Å²) in [5.74, 6) is -2.02. The summed E-state index contributed by atoms with van der Waals surface area (Å²) in [4.78, 5) is 20.1. The Balaban J connectivity index is 1.31. The number of aliphatic hydroxyl groups is 1. The lowest BCUT2D eigenvalue weighted by atomic mass is 9.88. The second-order valence-corrected chi connectivity index (χ2v) is 11.0. The first-order valence-electron chi connectivity index (χ1n) is 14.3. The quantitative estimate of drug-likeness (QED) is 0.420. The highest BCUT2D eigenvalue weighted by Gasteiger charge is 2.23. The smallest absolute Gasteiger partial charge is 0.168 e. The number of aliphatic hydroxyl groups excluding tert-OH is 1. The number of carboxylic acids is 1. The molecule has 41 heavy (non-hydrogen) atoms. The molecule has 0 radical (unpaired) electrons. The van der Waals surface area contributed by atoms with Crippen molar-refractivity contribution in [1.82, 2.24) is 9.88 Å². The molecule has 1 N–H and O–H groups in total. The number of carbonyl (C=O) groups excluding carboxylic acids is 1. The molecule has 9 heteroatoms. The number of anilines is 1. The molecule has 0 amide bonds. The minimum absolute atomic E-state index is 0.0635. The van der Waals surface area contributed by atoms with Gasteiger partial charge in [-0.15, -0.1) is 0 Å². The van der Waals surface area contributed by atoms with Gasteiger partial charge in [0, 0.05) is 43.2 Å². The van der Waals surface area contributed by atoms with Gasteiger partial charge in [-0.3, -0.25) is 0 Å². The van der Waals surface area contributed by atoms with Gasteiger partial charge in [0.2, 0.25) is 0 Å². The van der Waals surface area contributed by atoms with Crippen LogP contribution in [0.5, 0.6) is 5.75 Å². The van der Waals surface area contributed by atoms with E-state index in [4.69, 9.17) is 4.74 Å². The topological polar surface area (TPSA) is 89.0 Å². The summed E-state index contributed by atoms with van der Waals surface area (Å²) in [5, 5.41) is 20.4. The number of likely N-dealkylation sites (tertiary alicyclic amines) is 1. The SMILES string of the molecule is Cc1cc(C2CCN(CCO)CC2)ccc1COc1c(F)cc(F)cc1-c1cccc(N2CCC(C(=O)[O-])CC2)n1. The number of β-amino-alcohol motifs (C(OH)–C–C–N with tert-alkyl or cyclic N) is 1. The lowest BCUT2D eigenvalue weighted by Crippen LogP contribution is -2.41. The van der Waals surface area contributed by atoms with Gasteiger partial charge in [-0.1, -0.05) is 24.3 Å². The van der Waals surface area contributed by atoms with Crippen LogP contribution in [0.3, 0.4) is 0 Å². The summed E-state index contributed by atoms with van der Waals surface area (Å²) < 4.78 is 35.5. The molecule has 0 spiro atoms. The first-order valence-corrected chi connectivity index (χ1v) is 14.3. The van der Waals surface area contributed by atoms with Crippen molar-refractivity contribution < 1.29 is 28.5 Å². The Morgan fingerprint density at radius 2 is 1.80 bits per heavy atom. The predicted molar refractivity (Wildman–Crippen MR) is 151 cm³/mol. The molecule has 2 aromatic carbocycles. The molecule has 2 aliphatic heterocycles. The Morgan fingerprint density at radius 1 is 1.05 bits per heavy atom. The van der Waals surface area contributed by atoms with Crippen molar-refractivity contribution in [3.63, 3.8) is 0 Å². The summed E-state index contributed by atoms with van der Waals surface area (Å²) in [7, 11) is 0. The molecule has 2 saturated heterocycles. The fraction of sp³-hybridized carbons (Fsp3) is 0.438. The second-order valence-electron chi connectivity index (χ2n) is 11.0. The first kappa shape index (κ1) is 29.0. The fourth-order valence-electron chi connectivity index (χ4n) is 5.91. The number of halogens is 2. The molecular formula is C32H36F2N3O4-. The lowest BCUT2D eigenvalue weighted by Gasteiger charge is -2.33. The molecule has 0 unspecified atom stereocenters. The Bertz CT molecular complexity index is 1370. The van der Waals surface area contributed by atoms with Crippen LogP contribution >= 0.6 is 0 Å². The van der Waals surface area contributed by atoms with Crippen LogP contribution in [-0.2, 0) is 11.4 Å². The van der Waals surface area contributed by atoms with Crippen molar-refractivity contribution in [1.29, 1.82) is 0 Å². The highest BCUT2D eigenvalue weighted by Crippen LogP contribution is 2.35. The molecule has 218 valence electrons. The average molecular weight is 565 g/mol. The standard InChI is InChI=1S/C32H37F2N3O4/c1-21-17-24(22-7-11-36(12-8-22)15-16-38)5-6-25(21)20-41-31-27(18-26(33)19-28(31)34)29-3-2-4-30(35-29)37-13-9-23(10-14-37)32(39)40/h2-6,17-19,22-23,38H,7-16,20H2,1H3,(H,39,40)/p-1. The third-order valence-corrected chi connectivity index (χ3v) is 8.38. The van der Waals surface area contributed by atoms with Gasteiger partial charge in [0.25, 0.3) is 0 Å². The minimum Gasteiger partial charge on any atom is -0.550 e. The van der Waals surface area contributed by atoms with Crippen LogP contribution in [0.4, 0.5) is 14.6 Å². The van der Waals surface area contributed by atoms with Crippen LogP contribution in [0.15, 0.2) is 48.5 Å². The number of aliphatic carboxylic acids is 1. The van der Waals surface area contributed by atoms with Gasteiger partial charge in [0.05, 0.1) is 12.3 Å². The summed E-state index contributed by atoms with van der Waals surface area (Å²) in [6.45, 7) is 5.98. The Kier molecular flexibility index (Phi) is 9.15. The highest BCUT2D eigenvalue weighted by atomic mass is 19.1. The van der Waals surface area contributed by atoms with Crippen molar-refractivity contribution in [3.8, 4) is 17.0 Å². The number of carboxylic acid groups (broad SMARTS) is 1. The Labute approximate surface area is 239 Å². The zero-order valence-electron chi connectivity index (χ0n) is 23.3. The van der Waals surface area contributed by atoms with Gasteiger partial charge in [-0.25, -0.2) is 13.8 Å². The summed E-state index contributed by atoms with van der Waals surface area (Å²) in [5.41, 5.74) is 3.83.